The van der Waals surface area contributed by atoms with Gasteiger partial charge in [0.2, 0.25) is 0 Å². The van der Waals surface area contributed by atoms with Crippen molar-refractivity contribution in [2.75, 3.05) is 13.7 Å². The molecule has 0 aromatic heterocycles. The second kappa shape index (κ2) is 15.6. The molecule has 5 atom stereocenters. The van der Waals surface area contributed by atoms with Crippen LogP contribution in [0.15, 0.2) is 115 Å². The highest BCUT2D eigenvalue weighted by atomic mass is 16.7. The number of rotatable bonds is 14. The second-order valence-corrected chi connectivity index (χ2v) is 10.2. The van der Waals surface area contributed by atoms with Gasteiger partial charge in [-0.25, -0.2) is 0 Å². The molecule has 0 radical (unpaired) electrons. The number of benzene rings is 4. The number of aliphatic hydroxyl groups excluding tert-OH is 1. The van der Waals surface area contributed by atoms with Crippen LogP contribution in [-0.4, -0.2) is 49.5 Å². The van der Waals surface area contributed by atoms with Crippen molar-refractivity contribution in [3.63, 3.8) is 0 Å². The Bertz CT molecular complexity index is 1300. The first-order chi connectivity index (χ1) is 20.7. The zero-order chi connectivity index (χ0) is 29.0. The lowest BCUT2D eigenvalue weighted by Crippen LogP contribution is -2.61. The molecule has 0 amide bonds. The lowest BCUT2D eigenvalue weighted by molar-refractivity contribution is -0.324. The number of ether oxygens (including phenoxy) is 6. The normalized spacial score (nSPS) is 22.1. The summed E-state index contributed by atoms with van der Waals surface area (Å²) in [6.07, 6.45) is -3.92. The van der Waals surface area contributed by atoms with Crippen LogP contribution in [-0.2, 0) is 50.1 Å². The molecular formula is C35H38O7. The zero-order valence-electron chi connectivity index (χ0n) is 23.8. The number of methoxy groups -OCH3 is 1. The standard InChI is InChI=1S/C35H38O7/c1-37-30-19-17-29(18-20-30)21-38-25-31-32(36)33(39-22-26-11-5-2-6-12-26)34(40-23-27-13-7-3-8-14-27)35(42-31)41-24-28-15-9-4-10-16-28/h2-20,31-36H,21-25H2,1H3/t31-,32-,33+,34-,35+/m1/s1. The Labute approximate surface area is 247 Å². The smallest absolute Gasteiger partial charge is 0.187 e. The molecule has 0 saturated carbocycles. The van der Waals surface area contributed by atoms with E-state index in [-0.39, 0.29) is 6.61 Å². The van der Waals surface area contributed by atoms with Crippen LogP contribution in [0.25, 0.3) is 0 Å². The molecule has 42 heavy (non-hydrogen) atoms. The summed E-state index contributed by atoms with van der Waals surface area (Å²) in [6, 6.07) is 37.3. The lowest BCUT2D eigenvalue weighted by Gasteiger charge is -2.44. The van der Waals surface area contributed by atoms with Crippen LogP contribution in [0.5, 0.6) is 5.75 Å². The van der Waals surface area contributed by atoms with E-state index in [1.54, 1.807) is 7.11 Å². The number of hydrogen-bond acceptors (Lipinski definition) is 7. The Balaban J connectivity index is 1.33. The van der Waals surface area contributed by atoms with Gasteiger partial charge in [0.25, 0.3) is 0 Å². The van der Waals surface area contributed by atoms with Gasteiger partial charge in [0.1, 0.15) is 30.2 Å². The Hall–Kier alpha value is -3.56. The maximum absolute atomic E-state index is 11.6. The quantitative estimate of drug-likeness (QED) is 0.209. The fourth-order valence-corrected chi connectivity index (χ4v) is 4.83. The topological polar surface area (TPSA) is 75.6 Å². The van der Waals surface area contributed by atoms with E-state index < -0.39 is 30.7 Å². The van der Waals surface area contributed by atoms with Gasteiger partial charge < -0.3 is 33.5 Å². The third-order valence-electron chi connectivity index (χ3n) is 7.16. The molecule has 7 heteroatoms. The molecule has 220 valence electrons. The van der Waals surface area contributed by atoms with Crippen LogP contribution in [0.3, 0.4) is 0 Å². The third-order valence-corrected chi connectivity index (χ3v) is 7.16. The maximum atomic E-state index is 11.6. The molecule has 0 aliphatic carbocycles. The summed E-state index contributed by atoms with van der Waals surface area (Å²) in [5.74, 6) is 0.781. The average molecular weight is 571 g/mol. The molecule has 1 N–H and O–H groups in total. The second-order valence-electron chi connectivity index (χ2n) is 10.2. The Kier molecular flexibility index (Phi) is 11.1. The number of aliphatic hydroxyl groups is 1. The highest BCUT2D eigenvalue weighted by molar-refractivity contribution is 5.26. The van der Waals surface area contributed by atoms with Crippen molar-refractivity contribution in [3.05, 3.63) is 138 Å². The molecule has 1 saturated heterocycles. The highest BCUT2D eigenvalue weighted by Gasteiger charge is 2.47. The molecule has 1 fully saturated rings. The molecular weight excluding hydrogens is 532 g/mol. The monoisotopic (exact) mass is 570 g/mol. The molecule has 0 spiro atoms. The molecule has 1 heterocycles. The van der Waals surface area contributed by atoms with E-state index in [1.165, 1.54) is 0 Å². The van der Waals surface area contributed by atoms with E-state index in [0.717, 1.165) is 28.0 Å². The third kappa shape index (κ3) is 8.49. The average Bonchev–Trinajstić information content (AvgIpc) is 3.05. The van der Waals surface area contributed by atoms with Crippen molar-refractivity contribution in [2.24, 2.45) is 0 Å². The molecule has 5 rings (SSSR count). The van der Waals surface area contributed by atoms with Gasteiger partial charge in [-0.1, -0.05) is 103 Å². The van der Waals surface area contributed by atoms with Gasteiger partial charge in [-0.2, -0.15) is 0 Å². The molecule has 0 bridgehead atoms. The predicted octanol–water partition coefficient (Wildman–Crippen LogP) is 5.69. The minimum absolute atomic E-state index is 0.148. The highest BCUT2D eigenvalue weighted by Crippen LogP contribution is 2.30. The van der Waals surface area contributed by atoms with Crippen molar-refractivity contribution < 1.29 is 33.5 Å². The van der Waals surface area contributed by atoms with Crippen molar-refractivity contribution in [3.8, 4) is 5.75 Å². The summed E-state index contributed by atoms with van der Waals surface area (Å²) in [7, 11) is 1.64. The van der Waals surface area contributed by atoms with Crippen molar-refractivity contribution in [2.45, 2.75) is 57.1 Å². The van der Waals surface area contributed by atoms with Crippen LogP contribution >= 0.6 is 0 Å². The Morgan fingerprint density at radius 3 is 1.57 bits per heavy atom. The maximum Gasteiger partial charge on any atom is 0.187 e. The Morgan fingerprint density at radius 1 is 0.571 bits per heavy atom. The fourth-order valence-electron chi connectivity index (χ4n) is 4.83. The van der Waals surface area contributed by atoms with Crippen LogP contribution in [0.4, 0.5) is 0 Å². The lowest BCUT2D eigenvalue weighted by atomic mass is 9.98. The summed E-state index contributed by atoms with van der Waals surface area (Å²) in [4.78, 5) is 0. The van der Waals surface area contributed by atoms with E-state index in [4.69, 9.17) is 28.4 Å². The summed E-state index contributed by atoms with van der Waals surface area (Å²) in [5, 5.41) is 11.6. The van der Waals surface area contributed by atoms with Crippen molar-refractivity contribution in [1.82, 2.24) is 0 Å². The summed E-state index contributed by atoms with van der Waals surface area (Å²) < 4.78 is 36.7. The van der Waals surface area contributed by atoms with Crippen LogP contribution in [0.1, 0.15) is 22.3 Å². The zero-order valence-corrected chi connectivity index (χ0v) is 23.8. The van der Waals surface area contributed by atoms with Crippen LogP contribution in [0.2, 0.25) is 0 Å². The first-order valence-corrected chi connectivity index (χ1v) is 14.2. The molecule has 4 aromatic rings. The van der Waals surface area contributed by atoms with E-state index in [1.807, 2.05) is 115 Å². The molecule has 1 aliphatic heterocycles. The molecule has 7 nitrogen and oxygen atoms in total. The largest absolute Gasteiger partial charge is 0.497 e. The van der Waals surface area contributed by atoms with Crippen molar-refractivity contribution in [1.29, 1.82) is 0 Å². The summed E-state index contributed by atoms with van der Waals surface area (Å²) >= 11 is 0. The van der Waals surface area contributed by atoms with E-state index in [0.29, 0.717) is 26.4 Å². The van der Waals surface area contributed by atoms with Crippen molar-refractivity contribution >= 4 is 0 Å². The fraction of sp³-hybridized carbons (Fsp3) is 0.314. The Morgan fingerprint density at radius 2 is 1.05 bits per heavy atom. The minimum Gasteiger partial charge on any atom is -0.497 e. The van der Waals surface area contributed by atoms with Gasteiger partial charge >= 0.3 is 0 Å². The van der Waals surface area contributed by atoms with Gasteiger partial charge in [0, 0.05) is 0 Å². The molecule has 1 aliphatic rings. The molecule has 4 aromatic carbocycles. The van der Waals surface area contributed by atoms with Gasteiger partial charge in [-0.15, -0.1) is 0 Å². The summed E-state index contributed by atoms with van der Waals surface area (Å²) in [6.45, 7) is 1.44. The van der Waals surface area contributed by atoms with Gasteiger partial charge in [0.15, 0.2) is 6.29 Å². The predicted molar refractivity (Wildman–Crippen MR) is 159 cm³/mol. The molecule has 0 unspecified atom stereocenters. The SMILES string of the molecule is COc1ccc(COC[C@H]2O[C@H](OCc3ccccc3)[C@H](OCc3ccccc3)[C@@H](OCc3ccccc3)[C@@H]2O)cc1. The number of hydrogen-bond donors (Lipinski definition) is 1. The first-order valence-electron chi connectivity index (χ1n) is 14.2. The van der Waals surface area contributed by atoms with E-state index in [9.17, 15) is 5.11 Å². The van der Waals surface area contributed by atoms with Gasteiger partial charge in [-0.05, 0) is 34.4 Å². The van der Waals surface area contributed by atoms with E-state index >= 15 is 0 Å². The van der Waals surface area contributed by atoms with E-state index in [2.05, 4.69) is 0 Å². The van der Waals surface area contributed by atoms with Crippen LogP contribution in [0, 0.1) is 0 Å². The van der Waals surface area contributed by atoms with Gasteiger partial charge in [0.05, 0.1) is 40.1 Å². The minimum atomic E-state index is -1.01. The summed E-state index contributed by atoms with van der Waals surface area (Å²) in [5.41, 5.74) is 3.98. The first kappa shape index (κ1) is 29.9. The van der Waals surface area contributed by atoms with Gasteiger partial charge in [-0.3, -0.25) is 0 Å². The van der Waals surface area contributed by atoms with Crippen LogP contribution < -0.4 is 4.74 Å².